The number of aliphatic hydroxyl groups excluding tert-OH is 1. The molecule has 1 saturated carbocycles. The molecule has 0 heterocycles. The molecule has 0 spiro atoms. The molecule has 142 valence electrons. The fourth-order valence-corrected chi connectivity index (χ4v) is 3.17. The van der Waals surface area contributed by atoms with E-state index in [1.807, 2.05) is 32.1 Å². The Bertz CT molecular complexity index is 492. The molecule has 0 aliphatic heterocycles. The van der Waals surface area contributed by atoms with E-state index in [0.29, 0.717) is 25.9 Å². The molecule has 3 atom stereocenters. The monoisotopic (exact) mass is 352 g/mol. The van der Waals surface area contributed by atoms with E-state index in [0.717, 1.165) is 12.8 Å². The second kappa shape index (κ2) is 10.5. The maximum absolute atomic E-state index is 12.1. The van der Waals surface area contributed by atoms with Crippen molar-refractivity contribution in [2.24, 2.45) is 17.3 Å². The van der Waals surface area contributed by atoms with Crippen LogP contribution in [0.4, 0.5) is 0 Å². The number of carbonyl (C=O) groups is 2. The third kappa shape index (κ3) is 7.53. The molecular weight excluding hydrogens is 320 g/mol. The molecule has 0 saturated heterocycles. The van der Waals surface area contributed by atoms with E-state index in [1.165, 1.54) is 0 Å². The molecule has 1 rings (SSSR count). The van der Waals surface area contributed by atoms with Gasteiger partial charge in [-0.2, -0.15) is 0 Å². The number of ether oxygens (including phenoxy) is 1. The first-order valence-electron chi connectivity index (χ1n) is 9.02. The van der Waals surface area contributed by atoms with E-state index in [4.69, 9.17) is 9.84 Å². The van der Waals surface area contributed by atoms with Crippen LogP contribution in [0.5, 0.6) is 0 Å². The van der Waals surface area contributed by atoms with Gasteiger partial charge < -0.3 is 14.9 Å². The van der Waals surface area contributed by atoms with Gasteiger partial charge in [0.2, 0.25) is 0 Å². The topological polar surface area (TPSA) is 83.8 Å². The lowest BCUT2D eigenvalue weighted by atomic mass is 9.85. The molecular formula is C20H32O5. The maximum Gasteiger partial charge on any atom is 0.303 e. The average Bonchev–Trinajstić information content (AvgIpc) is 2.88. The van der Waals surface area contributed by atoms with Crippen molar-refractivity contribution >= 4 is 11.8 Å². The van der Waals surface area contributed by atoms with Crippen LogP contribution in [-0.2, 0) is 14.3 Å². The summed E-state index contributed by atoms with van der Waals surface area (Å²) in [6.45, 7) is 4.36. The van der Waals surface area contributed by atoms with Crippen LogP contribution >= 0.6 is 0 Å². The maximum atomic E-state index is 12.1. The van der Waals surface area contributed by atoms with Gasteiger partial charge in [0.05, 0.1) is 12.7 Å². The first kappa shape index (κ1) is 21.6. The van der Waals surface area contributed by atoms with Crippen LogP contribution in [0.15, 0.2) is 24.3 Å². The Morgan fingerprint density at radius 2 is 2.12 bits per heavy atom. The number of Topliss-reactive ketones (excluding diaryl/α,β-unsaturated/α-hetero) is 1. The number of aliphatic carboxylic acids is 1. The smallest absolute Gasteiger partial charge is 0.303 e. The normalized spacial score (nSPS) is 23.0. The molecule has 25 heavy (non-hydrogen) atoms. The summed E-state index contributed by atoms with van der Waals surface area (Å²) in [6, 6.07) is 0. The lowest BCUT2D eigenvalue weighted by molar-refractivity contribution is -0.137. The number of carboxylic acids is 1. The van der Waals surface area contributed by atoms with Gasteiger partial charge in [0, 0.05) is 31.3 Å². The van der Waals surface area contributed by atoms with Crippen molar-refractivity contribution in [2.45, 2.75) is 58.5 Å². The first-order chi connectivity index (χ1) is 11.8. The molecule has 0 radical (unpaired) electrons. The molecule has 2 N–H and O–H groups in total. The Morgan fingerprint density at radius 1 is 1.40 bits per heavy atom. The van der Waals surface area contributed by atoms with Crippen LogP contribution in [0.2, 0.25) is 0 Å². The van der Waals surface area contributed by atoms with Gasteiger partial charge in [0.25, 0.3) is 0 Å². The third-order valence-corrected chi connectivity index (χ3v) is 4.83. The fourth-order valence-electron chi connectivity index (χ4n) is 3.17. The molecule has 0 bridgehead atoms. The zero-order valence-corrected chi connectivity index (χ0v) is 15.6. The van der Waals surface area contributed by atoms with Gasteiger partial charge in [-0.05, 0) is 31.6 Å². The molecule has 1 aliphatic rings. The quantitative estimate of drug-likeness (QED) is 0.440. The number of allylic oxidation sites excluding steroid dienone is 3. The number of unbranched alkanes of at least 4 members (excludes halogenated alkanes) is 1. The van der Waals surface area contributed by atoms with Gasteiger partial charge in [-0.25, -0.2) is 0 Å². The summed E-state index contributed by atoms with van der Waals surface area (Å²) in [4.78, 5) is 22.6. The predicted octanol–water partition coefficient (Wildman–Crippen LogP) is 3.37. The van der Waals surface area contributed by atoms with E-state index in [9.17, 15) is 14.7 Å². The number of aliphatic hydroxyl groups is 1. The number of hydrogen-bond acceptors (Lipinski definition) is 4. The number of carboxylic acid groups (broad SMARTS) is 1. The highest BCUT2D eigenvalue weighted by molar-refractivity contribution is 5.83. The molecule has 0 aromatic carbocycles. The van der Waals surface area contributed by atoms with Crippen LogP contribution in [0, 0.1) is 17.3 Å². The van der Waals surface area contributed by atoms with Crippen LogP contribution in [-0.4, -0.2) is 41.8 Å². The van der Waals surface area contributed by atoms with Gasteiger partial charge in [-0.15, -0.1) is 0 Å². The number of rotatable bonds is 11. The summed E-state index contributed by atoms with van der Waals surface area (Å²) < 4.78 is 5.14. The molecule has 1 fully saturated rings. The average molecular weight is 352 g/mol. The lowest BCUT2D eigenvalue weighted by Gasteiger charge is -2.28. The Hall–Kier alpha value is -1.46. The zero-order chi connectivity index (χ0) is 18.9. The van der Waals surface area contributed by atoms with E-state index in [-0.39, 0.29) is 29.5 Å². The molecule has 5 heteroatoms. The highest BCUT2D eigenvalue weighted by Crippen LogP contribution is 2.33. The van der Waals surface area contributed by atoms with Crippen LogP contribution in [0.1, 0.15) is 52.4 Å². The first-order valence-corrected chi connectivity index (χ1v) is 9.02. The summed E-state index contributed by atoms with van der Waals surface area (Å²) in [6.07, 6.45) is 10.7. The molecule has 0 aromatic rings. The second-order valence-corrected chi connectivity index (χ2v) is 7.52. The van der Waals surface area contributed by atoms with Crippen molar-refractivity contribution in [1.29, 1.82) is 0 Å². The Balaban J connectivity index is 2.53. The largest absolute Gasteiger partial charge is 0.481 e. The SMILES string of the molecule is COCC(C)(C)C(O)/C=C/[C@H]1CCC(=O)[C@@H]1C/C=C\CCCC(=O)O. The van der Waals surface area contributed by atoms with Gasteiger partial charge in [-0.1, -0.05) is 38.2 Å². The second-order valence-electron chi connectivity index (χ2n) is 7.52. The third-order valence-electron chi connectivity index (χ3n) is 4.83. The van der Waals surface area contributed by atoms with Gasteiger partial charge in [0.1, 0.15) is 5.78 Å². The number of hydrogen-bond donors (Lipinski definition) is 2. The van der Waals surface area contributed by atoms with Crippen molar-refractivity contribution in [1.82, 2.24) is 0 Å². The highest BCUT2D eigenvalue weighted by atomic mass is 16.5. The summed E-state index contributed by atoms with van der Waals surface area (Å²) >= 11 is 0. The standard InChI is InChI=1S/C20H32O5/c1-20(2,14-25-3)18(22)13-11-15-10-12-17(21)16(15)8-6-4-5-7-9-19(23)24/h4,6,11,13,15-16,18,22H,5,7-10,12,14H2,1-3H3,(H,23,24)/b6-4-,13-11+/t15-,16-,18?/m1/s1. The summed E-state index contributed by atoms with van der Waals surface area (Å²) in [5.41, 5.74) is -0.368. The van der Waals surface area contributed by atoms with Gasteiger partial charge in [-0.3, -0.25) is 9.59 Å². The zero-order valence-electron chi connectivity index (χ0n) is 15.6. The van der Waals surface area contributed by atoms with Gasteiger partial charge >= 0.3 is 5.97 Å². The highest BCUT2D eigenvalue weighted by Gasteiger charge is 2.33. The van der Waals surface area contributed by atoms with Crippen LogP contribution in [0.3, 0.4) is 0 Å². The number of carbonyl (C=O) groups excluding carboxylic acids is 1. The Morgan fingerprint density at radius 3 is 2.76 bits per heavy atom. The minimum Gasteiger partial charge on any atom is -0.481 e. The molecule has 0 aromatic heterocycles. The van der Waals surface area contributed by atoms with E-state index in [1.54, 1.807) is 13.2 Å². The Kier molecular flexibility index (Phi) is 9.08. The summed E-state index contributed by atoms with van der Waals surface area (Å²) in [5, 5.41) is 18.9. The van der Waals surface area contributed by atoms with Crippen molar-refractivity contribution < 1.29 is 24.5 Å². The van der Waals surface area contributed by atoms with Gasteiger partial charge in [0.15, 0.2) is 0 Å². The van der Waals surface area contributed by atoms with Crippen molar-refractivity contribution in [2.75, 3.05) is 13.7 Å². The minimum atomic E-state index is -0.778. The molecule has 0 amide bonds. The molecule has 1 aliphatic carbocycles. The Labute approximate surface area is 150 Å². The fraction of sp³-hybridized carbons (Fsp3) is 0.700. The van der Waals surface area contributed by atoms with Crippen LogP contribution in [0.25, 0.3) is 0 Å². The van der Waals surface area contributed by atoms with Crippen molar-refractivity contribution in [3.63, 3.8) is 0 Å². The molecule has 5 nitrogen and oxygen atoms in total. The van der Waals surface area contributed by atoms with Crippen molar-refractivity contribution in [3.8, 4) is 0 Å². The van der Waals surface area contributed by atoms with E-state index in [2.05, 4.69) is 0 Å². The molecule has 1 unspecified atom stereocenters. The predicted molar refractivity (Wildman–Crippen MR) is 97.3 cm³/mol. The summed E-state index contributed by atoms with van der Waals surface area (Å²) in [7, 11) is 1.62. The van der Waals surface area contributed by atoms with Crippen LogP contribution < -0.4 is 0 Å². The van der Waals surface area contributed by atoms with E-state index >= 15 is 0 Å². The summed E-state index contributed by atoms with van der Waals surface area (Å²) in [5.74, 6) is -0.385. The number of methoxy groups -OCH3 is 1. The minimum absolute atomic E-state index is 0.0373. The van der Waals surface area contributed by atoms with E-state index < -0.39 is 12.1 Å². The lowest BCUT2D eigenvalue weighted by Crippen LogP contribution is -2.32. The number of ketones is 1. The van der Waals surface area contributed by atoms with Crippen molar-refractivity contribution in [3.05, 3.63) is 24.3 Å².